The summed E-state index contributed by atoms with van der Waals surface area (Å²) in [4.78, 5) is 27.2. The second-order valence-corrected chi connectivity index (χ2v) is 4.92. The fourth-order valence-corrected chi connectivity index (χ4v) is 2.21. The molecule has 1 aromatic rings. The van der Waals surface area contributed by atoms with Crippen molar-refractivity contribution in [2.24, 2.45) is 5.92 Å². The monoisotopic (exact) mass is 265 g/mol. The highest BCUT2D eigenvalue weighted by atomic mass is 16.2. The van der Waals surface area contributed by atoms with Crippen molar-refractivity contribution >= 4 is 17.8 Å². The summed E-state index contributed by atoms with van der Waals surface area (Å²) in [6.07, 6.45) is 3.23. The van der Waals surface area contributed by atoms with Crippen LogP contribution >= 0.6 is 0 Å². The molecule has 2 N–H and O–H groups in total. The summed E-state index contributed by atoms with van der Waals surface area (Å²) < 4.78 is 0. The Morgan fingerprint density at radius 2 is 2.32 bits per heavy atom. The van der Waals surface area contributed by atoms with Crippen LogP contribution in [0.3, 0.4) is 0 Å². The third-order valence-corrected chi connectivity index (χ3v) is 3.20. The first-order chi connectivity index (χ1) is 9.08. The number of amides is 3. The van der Waals surface area contributed by atoms with Gasteiger partial charge in [0.2, 0.25) is 5.91 Å². The molecule has 2 heterocycles. The minimum absolute atomic E-state index is 0.0426. The van der Waals surface area contributed by atoms with Crippen molar-refractivity contribution < 1.29 is 9.59 Å². The third kappa shape index (κ3) is 3.24. The second-order valence-electron chi connectivity index (χ2n) is 4.92. The Labute approximate surface area is 111 Å². The molecule has 1 atom stereocenters. The SMILES string of the molecule is CN(C)C(=O)N1CCCC(C(=O)Nc2ccn[nH]2)C1. The third-order valence-electron chi connectivity index (χ3n) is 3.20. The summed E-state index contributed by atoms with van der Waals surface area (Å²) in [5.41, 5.74) is 0. The molecule has 1 aliphatic heterocycles. The molecule has 0 spiro atoms. The summed E-state index contributed by atoms with van der Waals surface area (Å²) in [6, 6.07) is 1.66. The van der Waals surface area contributed by atoms with Gasteiger partial charge in [-0.1, -0.05) is 0 Å². The van der Waals surface area contributed by atoms with E-state index in [1.807, 2.05) is 0 Å². The van der Waals surface area contributed by atoms with Crippen LogP contribution < -0.4 is 5.32 Å². The molecule has 0 radical (unpaired) electrons. The molecular formula is C12H19N5O2. The molecule has 0 aliphatic carbocycles. The number of piperidine rings is 1. The predicted octanol–water partition coefficient (Wildman–Crippen LogP) is 0.742. The van der Waals surface area contributed by atoms with Crippen LogP contribution in [-0.4, -0.2) is 59.1 Å². The number of aromatic amines is 1. The summed E-state index contributed by atoms with van der Waals surface area (Å²) in [7, 11) is 3.44. The summed E-state index contributed by atoms with van der Waals surface area (Å²) in [6.45, 7) is 1.18. The number of nitrogens with zero attached hydrogens (tertiary/aromatic N) is 3. The van der Waals surface area contributed by atoms with E-state index in [9.17, 15) is 9.59 Å². The van der Waals surface area contributed by atoms with Gasteiger partial charge in [-0.05, 0) is 12.8 Å². The van der Waals surface area contributed by atoms with Crippen molar-refractivity contribution in [3.05, 3.63) is 12.3 Å². The summed E-state index contributed by atoms with van der Waals surface area (Å²) in [5.74, 6) is 0.350. The van der Waals surface area contributed by atoms with Gasteiger partial charge in [0.05, 0.1) is 12.1 Å². The van der Waals surface area contributed by atoms with E-state index in [1.54, 1.807) is 31.3 Å². The zero-order chi connectivity index (χ0) is 13.8. The number of nitrogens with one attached hydrogen (secondary N) is 2. The number of H-pyrrole nitrogens is 1. The van der Waals surface area contributed by atoms with E-state index in [2.05, 4.69) is 15.5 Å². The number of hydrogen-bond acceptors (Lipinski definition) is 3. The molecule has 0 aromatic carbocycles. The van der Waals surface area contributed by atoms with Gasteiger partial charge in [0.1, 0.15) is 5.82 Å². The van der Waals surface area contributed by atoms with Crippen molar-refractivity contribution in [3.63, 3.8) is 0 Å². The van der Waals surface area contributed by atoms with Crippen molar-refractivity contribution in [3.8, 4) is 0 Å². The van der Waals surface area contributed by atoms with Crippen LogP contribution in [-0.2, 0) is 4.79 Å². The number of likely N-dealkylation sites (tertiary alicyclic amines) is 1. The molecular weight excluding hydrogens is 246 g/mol. The summed E-state index contributed by atoms with van der Waals surface area (Å²) in [5, 5.41) is 9.24. The zero-order valence-electron chi connectivity index (χ0n) is 11.2. The maximum absolute atomic E-state index is 12.1. The van der Waals surface area contributed by atoms with Gasteiger partial charge in [-0.15, -0.1) is 0 Å². The van der Waals surface area contributed by atoms with Crippen molar-refractivity contribution in [2.75, 3.05) is 32.5 Å². The van der Waals surface area contributed by atoms with Crippen molar-refractivity contribution in [1.29, 1.82) is 0 Å². The maximum atomic E-state index is 12.1. The molecule has 1 unspecified atom stereocenters. The molecule has 1 fully saturated rings. The lowest BCUT2D eigenvalue weighted by Gasteiger charge is -2.33. The zero-order valence-corrected chi connectivity index (χ0v) is 11.2. The van der Waals surface area contributed by atoms with E-state index in [-0.39, 0.29) is 17.9 Å². The number of carbonyl (C=O) groups is 2. The Hall–Kier alpha value is -2.05. The molecule has 0 bridgehead atoms. The van der Waals surface area contributed by atoms with Crippen molar-refractivity contribution in [2.45, 2.75) is 12.8 Å². The first-order valence-corrected chi connectivity index (χ1v) is 6.34. The van der Waals surface area contributed by atoms with E-state index in [4.69, 9.17) is 0 Å². The van der Waals surface area contributed by atoms with E-state index in [0.717, 1.165) is 12.8 Å². The van der Waals surface area contributed by atoms with Crippen LogP contribution in [0, 0.1) is 5.92 Å². The van der Waals surface area contributed by atoms with Crippen molar-refractivity contribution in [1.82, 2.24) is 20.0 Å². The van der Waals surface area contributed by atoms with Gasteiger partial charge in [0.15, 0.2) is 0 Å². The Bertz CT molecular complexity index is 443. The standard InChI is InChI=1S/C12H19N5O2/c1-16(2)12(19)17-7-3-4-9(8-17)11(18)14-10-5-6-13-15-10/h5-6,9H,3-4,7-8H2,1-2H3,(H2,13,14,15,18). The normalized spacial score (nSPS) is 19.1. The molecule has 7 heteroatoms. The van der Waals surface area contributed by atoms with Crippen LogP contribution in [0.5, 0.6) is 0 Å². The largest absolute Gasteiger partial charge is 0.331 e. The van der Waals surface area contributed by atoms with E-state index in [0.29, 0.717) is 18.9 Å². The minimum Gasteiger partial charge on any atom is -0.331 e. The smallest absolute Gasteiger partial charge is 0.319 e. The average molecular weight is 265 g/mol. The van der Waals surface area contributed by atoms with Crippen LogP contribution in [0.15, 0.2) is 12.3 Å². The molecule has 3 amide bonds. The fraction of sp³-hybridized carbons (Fsp3) is 0.583. The van der Waals surface area contributed by atoms with Gasteiger partial charge in [-0.2, -0.15) is 5.10 Å². The fourth-order valence-electron chi connectivity index (χ4n) is 2.21. The lowest BCUT2D eigenvalue weighted by Crippen LogP contribution is -2.47. The van der Waals surface area contributed by atoms with Gasteiger partial charge in [0, 0.05) is 33.3 Å². The minimum atomic E-state index is -0.166. The Morgan fingerprint density at radius 1 is 1.53 bits per heavy atom. The van der Waals surface area contributed by atoms with Crippen LogP contribution in [0.2, 0.25) is 0 Å². The molecule has 2 rings (SSSR count). The first kappa shape index (κ1) is 13.4. The van der Waals surface area contributed by atoms with Crippen LogP contribution in [0.1, 0.15) is 12.8 Å². The maximum Gasteiger partial charge on any atom is 0.319 e. The van der Waals surface area contributed by atoms with Gasteiger partial charge >= 0.3 is 6.03 Å². The highest BCUT2D eigenvalue weighted by Gasteiger charge is 2.29. The number of aromatic nitrogens is 2. The molecule has 7 nitrogen and oxygen atoms in total. The highest BCUT2D eigenvalue weighted by Crippen LogP contribution is 2.18. The lowest BCUT2D eigenvalue weighted by molar-refractivity contribution is -0.121. The lowest BCUT2D eigenvalue weighted by atomic mass is 9.97. The van der Waals surface area contributed by atoms with Gasteiger partial charge in [-0.25, -0.2) is 4.79 Å². The number of urea groups is 1. The first-order valence-electron chi connectivity index (χ1n) is 6.34. The Kier molecular flexibility index (Phi) is 4.03. The van der Waals surface area contributed by atoms with Gasteiger partial charge in [0.25, 0.3) is 0 Å². The molecule has 0 saturated carbocycles. The highest BCUT2D eigenvalue weighted by molar-refractivity contribution is 5.92. The van der Waals surface area contributed by atoms with E-state index >= 15 is 0 Å². The topological polar surface area (TPSA) is 81.3 Å². The number of rotatable bonds is 2. The molecule has 104 valence electrons. The average Bonchev–Trinajstić information content (AvgIpc) is 2.90. The summed E-state index contributed by atoms with van der Waals surface area (Å²) >= 11 is 0. The predicted molar refractivity (Wildman–Crippen MR) is 70.6 cm³/mol. The Balaban J connectivity index is 1.93. The van der Waals surface area contributed by atoms with E-state index < -0.39 is 0 Å². The van der Waals surface area contributed by atoms with Crippen LogP contribution in [0.4, 0.5) is 10.6 Å². The Morgan fingerprint density at radius 3 is 2.95 bits per heavy atom. The molecule has 1 aromatic heterocycles. The second kappa shape index (κ2) is 5.73. The number of anilines is 1. The molecule has 1 saturated heterocycles. The number of hydrogen-bond donors (Lipinski definition) is 2. The number of carbonyl (C=O) groups excluding carboxylic acids is 2. The molecule has 1 aliphatic rings. The van der Waals surface area contributed by atoms with Crippen LogP contribution in [0.25, 0.3) is 0 Å². The quantitative estimate of drug-likeness (QED) is 0.827. The van der Waals surface area contributed by atoms with Gasteiger partial charge < -0.3 is 15.1 Å². The van der Waals surface area contributed by atoms with E-state index in [1.165, 1.54) is 4.90 Å². The molecule has 19 heavy (non-hydrogen) atoms. The van der Waals surface area contributed by atoms with Gasteiger partial charge in [-0.3, -0.25) is 9.89 Å².